The molecule has 0 N–H and O–H groups in total. The minimum absolute atomic E-state index is 0.0279. The Morgan fingerprint density at radius 1 is 1.19 bits per heavy atom. The van der Waals surface area contributed by atoms with Crippen molar-refractivity contribution < 1.29 is 14.3 Å². The molecule has 9 heteroatoms. The van der Waals surface area contributed by atoms with Crippen molar-refractivity contribution in [3.8, 4) is 0 Å². The van der Waals surface area contributed by atoms with Crippen LogP contribution in [-0.2, 0) is 33.7 Å². The van der Waals surface area contributed by atoms with Gasteiger partial charge in [-0.05, 0) is 57.4 Å². The molecular formula is C23H31N3O4S2. The molecule has 1 fully saturated rings. The summed E-state index contributed by atoms with van der Waals surface area (Å²) in [7, 11) is 0. The minimum atomic E-state index is -0.159. The first-order valence-electron chi connectivity index (χ1n) is 11.7. The first-order chi connectivity index (χ1) is 15.5. The molecule has 3 heterocycles. The molecule has 1 aliphatic carbocycles. The third-order valence-corrected chi connectivity index (χ3v) is 8.43. The van der Waals surface area contributed by atoms with Gasteiger partial charge in [0.05, 0.1) is 23.7 Å². The van der Waals surface area contributed by atoms with Crippen molar-refractivity contribution in [1.29, 1.82) is 0 Å². The molecule has 1 saturated heterocycles. The first kappa shape index (κ1) is 23.3. The van der Waals surface area contributed by atoms with Crippen LogP contribution in [0.5, 0.6) is 0 Å². The number of thiophene rings is 1. The van der Waals surface area contributed by atoms with E-state index in [-0.39, 0.29) is 29.1 Å². The lowest BCUT2D eigenvalue weighted by molar-refractivity contribution is -0.151. The molecule has 4 rings (SSSR count). The van der Waals surface area contributed by atoms with Crippen molar-refractivity contribution in [3.63, 3.8) is 0 Å². The van der Waals surface area contributed by atoms with Gasteiger partial charge in [0.2, 0.25) is 5.91 Å². The molecule has 0 bridgehead atoms. The monoisotopic (exact) mass is 477 g/mol. The van der Waals surface area contributed by atoms with E-state index in [2.05, 4.69) is 0 Å². The highest BCUT2D eigenvalue weighted by Gasteiger charge is 2.28. The van der Waals surface area contributed by atoms with Crippen LogP contribution in [0.25, 0.3) is 10.2 Å². The maximum Gasteiger partial charge on any atom is 0.309 e. The lowest BCUT2D eigenvalue weighted by atomic mass is 9.97. The number of fused-ring (bicyclic) bond motifs is 3. The Bertz CT molecular complexity index is 1050. The second-order valence-electron chi connectivity index (χ2n) is 8.44. The fourth-order valence-corrected chi connectivity index (χ4v) is 6.82. The first-order valence-corrected chi connectivity index (χ1v) is 13.5. The van der Waals surface area contributed by atoms with Crippen LogP contribution in [-0.4, -0.2) is 51.8 Å². The van der Waals surface area contributed by atoms with Gasteiger partial charge in [-0.2, -0.15) is 0 Å². The molecule has 174 valence electrons. The zero-order chi connectivity index (χ0) is 22.7. The summed E-state index contributed by atoms with van der Waals surface area (Å²) in [5.41, 5.74) is 1.25. The molecule has 0 atom stereocenters. The lowest BCUT2D eigenvalue weighted by Gasteiger charge is -2.30. The summed E-state index contributed by atoms with van der Waals surface area (Å²) >= 11 is 3.00. The van der Waals surface area contributed by atoms with Gasteiger partial charge in [0.15, 0.2) is 5.16 Å². The molecule has 2 aromatic heterocycles. The number of hydrogen-bond acceptors (Lipinski definition) is 7. The number of carbonyl (C=O) groups excluding carboxylic acids is 2. The molecule has 0 saturated carbocycles. The Morgan fingerprint density at radius 3 is 2.66 bits per heavy atom. The van der Waals surface area contributed by atoms with E-state index in [0.717, 1.165) is 35.9 Å². The van der Waals surface area contributed by atoms with Gasteiger partial charge in [-0.1, -0.05) is 18.7 Å². The van der Waals surface area contributed by atoms with Crippen LogP contribution in [0.2, 0.25) is 0 Å². The SMILES string of the molecule is CCCn1c(SCC(=O)N2CCC(C(=O)OCC)CC2)nc2sc3c(c2c1=O)CCCC3. The number of aryl methyl sites for hydroxylation is 2. The third kappa shape index (κ3) is 4.73. The number of likely N-dealkylation sites (tertiary alicyclic amines) is 1. The Kier molecular flexibility index (Phi) is 7.55. The predicted molar refractivity (Wildman–Crippen MR) is 127 cm³/mol. The minimum Gasteiger partial charge on any atom is -0.466 e. The Labute approximate surface area is 196 Å². The zero-order valence-corrected chi connectivity index (χ0v) is 20.5. The molecule has 0 spiro atoms. The second-order valence-corrected chi connectivity index (χ2v) is 10.5. The third-order valence-electron chi connectivity index (χ3n) is 6.28. The highest BCUT2D eigenvalue weighted by atomic mass is 32.2. The lowest BCUT2D eigenvalue weighted by Crippen LogP contribution is -2.41. The van der Waals surface area contributed by atoms with Crippen molar-refractivity contribution in [2.45, 2.75) is 70.5 Å². The van der Waals surface area contributed by atoms with Gasteiger partial charge in [0, 0.05) is 24.5 Å². The number of rotatable bonds is 7. The van der Waals surface area contributed by atoms with Gasteiger partial charge in [-0.25, -0.2) is 4.98 Å². The fraction of sp³-hybridized carbons (Fsp3) is 0.652. The van der Waals surface area contributed by atoms with Crippen LogP contribution in [0, 0.1) is 5.92 Å². The van der Waals surface area contributed by atoms with E-state index in [4.69, 9.17) is 9.72 Å². The van der Waals surface area contributed by atoms with E-state index in [1.54, 1.807) is 15.9 Å². The highest BCUT2D eigenvalue weighted by molar-refractivity contribution is 7.99. The topological polar surface area (TPSA) is 81.5 Å². The largest absolute Gasteiger partial charge is 0.466 e. The summed E-state index contributed by atoms with van der Waals surface area (Å²) in [4.78, 5) is 46.9. The Balaban J connectivity index is 1.47. The average Bonchev–Trinajstić information content (AvgIpc) is 3.18. The summed E-state index contributed by atoms with van der Waals surface area (Å²) in [5, 5.41) is 1.44. The van der Waals surface area contributed by atoms with Crippen molar-refractivity contribution in [1.82, 2.24) is 14.5 Å². The zero-order valence-electron chi connectivity index (χ0n) is 18.9. The van der Waals surface area contributed by atoms with Gasteiger partial charge < -0.3 is 9.64 Å². The van der Waals surface area contributed by atoms with Gasteiger partial charge in [-0.15, -0.1) is 11.3 Å². The van der Waals surface area contributed by atoms with E-state index in [0.29, 0.717) is 44.2 Å². The average molecular weight is 478 g/mol. The van der Waals surface area contributed by atoms with Crippen LogP contribution in [0.3, 0.4) is 0 Å². The van der Waals surface area contributed by atoms with E-state index < -0.39 is 0 Å². The van der Waals surface area contributed by atoms with E-state index in [1.165, 1.54) is 28.6 Å². The smallest absolute Gasteiger partial charge is 0.309 e. The quantitative estimate of drug-likeness (QED) is 0.344. The summed E-state index contributed by atoms with van der Waals surface area (Å²) in [6, 6.07) is 0. The number of hydrogen-bond donors (Lipinski definition) is 0. The van der Waals surface area contributed by atoms with E-state index in [1.807, 2.05) is 18.7 Å². The van der Waals surface area contributed by atoms with Crippen LogP contribution >= 0.6 is 23.1 Å². The maximum absolute atomic E-state index is 13.3. The summed E-state index contributed by atoms with van der Waals surface area (Å²) in [5.74, 6) is 0.000741. The second kappa shape index (κ2) is 10.4. The molecule has 1 amide bonds. The van der Waals surface area contributed by atoms with Crippen molar-refractivity contribution >= 4 is 45.2 Å². The number of esters is 1. The predicted octanol–water partition coefficient (Wildman–Crippen LogP) is 3.64. The van der Waals surface area contributed by atoms with E-state index in [9.17, 15) is 14.4 Å². The van der Waals surface area contributed by atoms with Crippen LogP contribution in [0.1, 0.15) is 56.4 Å². The van der Waals surface area contributed by atoms with Gasteiger partial charge in [0.1, 0.15) is 4.83 Å². The molecule has 0 radical (unpaired) electrons. The molecule has 0 unspecified atom stereocenters. The number of nitrogens with zero attached hydrogens (tertiary/aromatic N) is 3. The highest BCUT2D eigenvalue weighted by Crippen LogP contribution is 2.34. The standard InChI is InChI=1S/C23H31N3O4S2/c1-3-11-26-21(28)19-16-7-5-6-8-17(16)32-20(19)24-23(26)31-14-18(27)25-12-9-15(10-13-25)22(29)30-4-2/h15H,3-14H2,1-2H3. The van der Waals surface area contributed by atoms with Crippen molar-refractivity contribution in [3.05, 3.63) is 20.8 Å². The Morgan fingerprint density at radius 2 is 1.94 bits per heavy atom. The molecule has 7 nitrogen and oxygen atoms in total. The summed E-state index contributed by atoms with van der Waals surface area (Å²) < 4.78 is 6.87. The van der Waals surface area contributed by atoms with E-state index >= 15 is 0 Å². The number of thioether (sulfide) groups is 1. The number of aromatic nitrogens is 2. The maximum atomic E-state index is 13.3. The molecular weight excluding hydrogens is 446 g/mol. The molecule has 2 aromatic rings. The van der Waals surface area contributed by atoms with Crippen molar-refractivity contribution in [2.24, 2.45) is 5.92 Å². The van der Waals surface area contributed by atoms with Crippen molar-refractivity contribution in [2.75, 3.05) is 25.4 Å². The molecule has 2 aliphatic rings. The molecule has 32 heavy (non-hydrogen) atoms. The van der Waals surface area contributed by atoms with Crippen LogP contribution in [0.4, 0.5) is 0 Å². The number of ether oxygens (including phenoxy) is 1. The van der Waals surface area contributed by atoms with Crippen LogP contribution < -0.4 is 5.56 Å². The van der Waals surface area contributed by atoms with Gasteiger partial charge in [0.25, 0.3) is 5.56 Å². The Hall–Kier alpha value is -1.87. The number of amides is 1. The van der Waals surface area contributed by atoms with Crippen LogP contribution in [0.15, 0.2) is 9.95 Å². The molecule has 0 aromatic carbocycles. The number of piperidine rings is 1. The number of carbonyl (C=O) groups is 2. The summed E-state index contributed by atoms with van der Waals surface area (Å²) in [6.45, 7) is 5.98. The fourth-order valence-electron chi connectivity index (χ4n) is 4.59. The van der Waals surface area contributed by atoms with Gasteiger partial charge in [-0.3, -0.25) is 19.0 Å². The van der Waals surface area contributed by atoms with Gasteiger partial charge >= 0.3 is 5.97 Å². The summed E-state index contributed by atoms with van der Waals surface area (Å²) in [6.07, 6.45) is 6.41. The normalized spacial score (nSPS) is 16.9. The molecule has 1 aliphatic heterocycles.